The zero-order chi connectivity index (χ0) is 25.2. The van der Waals surface area contributed by atoms with Crippen molar-refractivity contribution in [3.05, 3.63) is 79.1 Å². The van der Waals surface area contributed by atoms with Gasteiger partial charge in [-0.2, -0.15) is 10.1 Å². The van der Waals surface area contributed by atoms with Gasteiger partial charge in [0.05, 0.1) is 30.3 Å². The van der Waals surface area contributed by atoms with Gasteiger partial charge in [0.1, 0.15) is 12.1 Å². The minimum atomic E-state index is -0.345. The van der Waals surface area contributed by atoms with Crippen LogP contribution in [-0.4, -0.2) is 60.8 Å². The highest BCUT2D eigenvalue weighted by Crippen LogP contribution is 2.27. The molecule has 0 atom stereocenters. The van der Waals surface area contributed by atoms with Crippen LogP contribution in [-0.2, 0) is 11.8 Å². The molecule has 0 unspecified atom stereocenters. The van der Waals surface area contributed by atoms with Crippen molar-refractivity contribution in [3.63, 3.8) is 0 Å². The largest absolute Gasteiger partial charge is 0.378 e. The van der Waals surface area contributed by atoms with Crippen molar-refractivity contribution in [3.8, 4) is 28.2 Å². The number of anilines is 3. The topological polar surface area (TPSA) is 98.8 Å². The van der Waals surface area contributed by atoms with Gasteiger partial charge in [0.2, 0.25) is 11.9 Å². The van der Waals surface area contributed by atoms with Crippen LogP contribution in [0, 0.1) is 5.82 Å². The van der Waals surface area contributed by atoms with E-state index in [1.165, 1.54) is 12.1 Å². The number of benzene rings is 2. The second kappa shape index (κ2) is 9.78. The van der Waals surface area contributed by atoms with E-state index in [0.717, 1.165) is 35.7 Å². The first-order chi connectivity index (χ1) is 18.1. The molecule has 2 aromatic carbocycles. The van der Waals surface area contributed by atoms with Gasteiger partial charge in [0.25, 0.3) is 0 Å². The number of hydrogen-bond donors (Lipinski definition) is 1. The van der Waals surface area contributed by atoms with Gasteiger partial charge in [-0.25, -0.2) is 19.0 Å². The quantitative estimate of drug-likeness (QED) is 0.378. The summed E-state index contributed by atoms with van der Waals surface area (Å²) in [6.45, 7) is 2.93. The Labute approximate surface area is 212 Å². The summed E-state index contributed by atoms with van der Waals surface area (Å²) in [5.41, 5.74) is 4.50. The van der Waals surface area contributed by atoms with Gasteiger partial charge >= 0.3 is 0 Å². The van der Waals surface area contributed by atoms with E-state index in [9.17, 15) is 4.39 Å². The molecule has 0 bridgehead atoms. The fraction of sp³-hybridized carbons (Fsp3) is 0.192. The average Bonchev–Trinajstić information content (AvgIpc) is 3.59. The van der Waals surface area contributed by atoms with E-state index >= 15 is 0 Å². The smallest absolute Gasteiger partial charge is 0.245 e. The van der Waals surface area contributed by atoms with Gasteiger partial charge in [-0.1, -0.05) is 0 Å². The van der Waals surface area contributed by atoms with Crippen molar-refractivity contribution in [2.45, 2.75) is 0 Å². The van der Waals surface area contributed by atoms with Gasteiger partial charge in [-0.15, -0.1) is 5.10 Å². The van der Waals surface area contributed by atoms with Gasteiger partial charge in [0, 0.05) is 49.3 Å². The number of nitrogens with zero attached hydrogens (tertiary/aromatic N) is 8. The molecule has 6 rings (SSSR count). The maximum absolute atomic E-state index is 14.5. The Morgan fingerprint density at radius 1 is 0.919 bits per heavy atom. The van der Waals surface area contributed by atoms with Crippen molar-refractivity contribution >= 4 is 17.6 Å². The molecule has 11 heteroatoms. The molecule has 5 aromatic rings. The van der Waals surface area contributed by atoms with E-state index in [1.807, 2.05) is 43.4 Å². The molecule has 1 fully saturated rings. The number of halogens is 1. The highest BCUT2D eigenvalue weighted by atomic mass is 19.1. The molecule has 0 radical (unpaired) electrons. The zero-order valence-electron chi connectivity index (χ0n) is 20.1. The Bertz CT molecular complexity index is 1520. The fourth-order valence-electron chi connectivity index (χ4n) is 4.24. The van der Waals surface area contributed by atoms with E-state index in [2.05, 4.69) is 35.4 Å². The second-order valence-corrected chi connectivity index (χ2v) is 8.59. The van der Waals surface area contributed by atoms with Gasteiger partial charge in [-0.3, -0.25) is 4.68 Å². The minimum Gasteiger partial charge on any atom is -0.378 e. The third-order valence-corrected chi connectivity index (χ3v) is 6.13. The summed E-state index contributed by atoms with van der Waals surface area (Å²) in [5, 5.41) is 12.0. The van der Waals surface area contributed by atoms with E-state index in [0.29, 0.717) is 36.4 Å². The highest BCUT2D eigenvalue weighted by molar-refractivity contribution is 5.70. The van der Waals surface area contributed by atoms with Crippen molar-refractivity contribution in [1.82, 2.24) is 34.5 Å². The molecular weight excluding hydrogens is 473 g/mol. The number of nitrogens with one attached hydrogen (secondary N) is 1. The number of rotatable bonds is 6. The molecule has 0 amide bonds. The normalized spacial score (nSPS) is 13.6. The van der Waals surface area contributed by atoms with Crippen molar-refractivity contribution in [2.24, 2.45) is 7.05 Å². The van der Waals surface area contributed by atoms with E-state index in [1.54, 1.807) is 34.2 Å². The Balaban J connectivity index is 1.19. The van der Waals surface area contributed by atoms with Crippen LogP contribution < -0.4 is 10.2 Å². The lowest BCUT2D eigenvalue weighted by Crippen LogP contribution is -2.37. The highest BCUT2D eigenvalue weighted by Gasteiger charge is 2.15. The van der Waals surface area contributed by atoms with Crippen LogP contribution >= 0.6 is 0 Å². The number of aryl methyl sites for hydroxylation is 1. The number of morpholine rings is 1. The van der Waals surface area contributed by atoms with Crippen LogP contribution in [0.1, 0.15) is 0 Å². The summed E-state index contributed by atoms with van der Waals surface area (Å²) < 4.78 is 23.3. The third kappa shape index (κ3) is 4.89. The first-order valence-corrected chi connectivity index (χ1v) is 11.9. The van der Waals surface area contributed by atoms with Crippen LogP contribution in [0.3, 0.4) is 0 Å². The zero-order valence-corrected chi connectivity index (χ0v) is 20.1. The van der Waals surface area contributed by atoms with Crippen LogP contribution in [0.4, 0.5) is 22.0 Å². The summed E-state index contributed by atoms with van der Waals surface area (Å²) in [6.07, 6.45) is 5.04. The lowest BCUT2D eigenvalue weighted by Gasteiger charge is -2.25. The number of hydrogen-bond acceptors (Lipinski definition) is 8. The molecule has 4 heterocycles. The van der Waals surface area contributed by atoms with E-state index in [4.69, 9.17) is 4.74 Å². The maximum Gasteiger partial charge on any atom is 0.245 e. The summed E-state index contributed by atoms with van der Waals surface area (Å²) in [6, 6.07) is 16.2. The molecular formula is C26H24FN9O. The fourth-order valence-corrected chi connectivity index (χ4v) is 4.24. The summed E-state index contributed by atoms with van der Waals surface area (Å²) >= 11 is 0. The third-order valence-electron chi connectivity index (χ3n) is 6.13. The van der Waals surface area contributed by atoms with Gasteiger partial charge in [0.15, 0.2) is 0 Å². The molecule has 1 N–H and O–H groups in total. The Morgan fingerprint density at radius 2 is 1.73 bits per heavy atom. The molecule has 1 saturated heterocycles. The Kier molecular flexibility index (Phi) is 6.03. The SMILES string of the molecule is Cn1nccc1-c1cc(F)cc(-c2ccnc(Nc3ccc(-n4cnc(N5CCOCC5)n4)cc3)n2)c1. The van der Waals surface area contributed by atoms with Crippen molar-refractivity contribution in [2.75, 3.05) is 36.5 Å². The summed E-state index contributed by atoms with van der Waals surface area (Å²) in [5.74, 6) is 0.758. The molecule has 1 aliphatic heterocycles. The number of aromatic nitrogens is 7. The lowest BCUT2D eigenvalue weighted by molar-refractivity contribution is 0.122. The van der Waals surface area contributed by atoms with Gasteiger partial charge < -0.3 is 15.0 Å². The van der Waals surface area contributed by atoms with Crippen LogP contribution in [0.25, 0.3) is 28.2 Å². The Morgan fingerprint density at radius 3 is 2.51 bits per heavy atom. The number of ether oxygens (including phenoxy) is 1. The summed E-state index contributed by atoms with van der Waals surface area (Å²) in [4.78, 5) is 15.5. The Hall–Kier alpha value is -4.64. The molecule has 3 aromatic heterocycles. The van der Waals surface area contributed by atoms with E-state index < -0.39 is 0 Å². The van der Waals surface area contributed by atoms with Crippen LogP contribution in [0.2, 0.25) is 0 Å². The molecule has 0 saturated carbocycles. The monoisotopic (exact) mass is 497 g/mol. The van der Waals surface area contributed by atoms with Crippen molar-refractivity contribution in [1.29, 1.82) is 0 Å². The van der Waals surface area contributed by atoms with Gasteiger partial charge in [-0.05, 0) is 54.6 Å². The maximum atomic E-state index is 14.5. The molecule has 10 nitrogen and oxygen atoms in total. The molecule has 186 valence electrons. The first kappa shape index (κ1) is 22.8. The first-order valence-electron chi connectivity index (χ1n) is 11.9. The molecule has 0 spiro atoms. The average molecular weight is 498 g/mol. The second-order valence-electron chi connectivity index (χ2n) is 8.59. The lowest BCUT2D eigenvalue weighted by atomic mass is 10.1. The summed E-state index contributed by atoms with van der Waals surface area (Å²) in [7, 11) is 1.82. The predicted octanol–water partition coefficient (Wildman–Crippen LogP) is 3.84. The van der Waals surface area contributed by atoms with Crippen LogP contribution in [0.5, 0.6) is 0 Å². The molecule has 0 aliphatic carbocycles. The standard InChI is InChI=1S/C26H24FN9O/c1-34-24(7-9-30-34)19-14-18(15-20(27)16-19)23-6-8-28-25(32-23)31-21-2-4-22(5-3-21)36-17-29-26(33-36)35-10-12-37-13-11-35/h2-9,14-17H,10-13H2,1H3,(H,28,31,32). The minimum absolute atomic E-state index is 0.345. The van der Waals surface area contributed by atoms with Crippen molar-refractivity contribution < 1.29 is 9.13 Å². The van der Waals surface area contributed by atoms with Crippen LogP contribution in [0.15, 0.2) is 73.3 Å². The van der Waals surface area contributed by atoms with E-state index in [-0.39, 0.29) is 5.82 Å². The molecule has 37 heavy (non-hydrogen) atoms. The molecule has 1 aliphatic rings. The predicted molar refractivity (Wildman–Crippen MR) is 137 cm³/mol.